The molecule has 0 saturated carbocycles. The number of hydrogen-bond donors (Lipinski definition) is 1. The van der Waals surface area contributed by atoms with Gasteiger partial charge in [0.15, 0.2) is 0 Å². The minimum Gasteiger partial charge on any atom is -0.378 e. The van der Waals surface area contributed by atoms with Crippen LogP contribution in [0.2, 0.25) is 0 Å². The number of benzene rings is 1. The van der Waals surface area contributed by atoms with Crippen molar-refractivity contribution in [2.24, 2.45) is 7.05 Å². The highest BCUT2D eigenvalue weighted by Crippen LogP contribution is 2.21. The summed E-state index contributed by atoms with van der Waals surface area (Å²) in [7, 11) is 8.16. The van der Waals surface area contributed by atoms with Crippen molar-refractivity contribution < 1.29 is 0 Å². The summed E-state index contributed by atoms with van der Waals surface area (Å²) in [5.41, 5.74) is 4.96. The van der Waals surface area contributed by atoms with Crippen LogP contribution in [0, 0.1) is 0 Å². The van der Waals surface area contributed by atoms with Crippen molar-refractivity contribution in [2.75, 3.05) is 26.0 Å². The number of aryl methyl sites for hydroxylation is 2. The topological polar surface area (TPSA) is 33.1 Å². The first-order valence-corrected chi connectivity index (χ1v) is 7.51. The van der Waals surface area contributed by atoms with E-state index in [1.54, 1.807) is 0 Å². The molecule has 4 nitrogen and oxygen atoms in total. The van der Waals surface area contributed by atoms with E-state index in [2.05, 4.69) is 66.7 Å². The predicted molar refractivity (Wildman–Crippen MR) is 88.9 cm³/mol. The molecule has 1 aromatic heterocycles. The van der Waals surface area contributed by atoms with Gasteiger partial charge in [0.1, 0.15) is 0 Å². The van der Waals surface area contributed by atoms with Crippen LogP contribution in [0.5, 0.6) is 0 Å². The van der Waals surface area contributed by atoms with Crippen LogP contribution in [0.1, 0.15) is 29.9 Å². The summed E-state index contributed by atoms with van der Waals surface area (Å²) in [6, 6.07) is 11.3. The minimum absolute atomic E-state index is 0.307. The van der Waals surface area contributed by atoms with Crippen LogP contribution < -0.4 is 10.2 Å². The largest absolute Gasteiger partial charge is 0.378 e. The summed E-state index contributed by atoms with van der Waals surface area (Å²) in [4.78, 5) is 2.12. The van der Waals surface area contributed by atoms with Crippen molar-refractivity contribution in [1.29, 1.82) is 0 Å². The standard InChI is InChI=1S/C17H26N4/c1-6-14-11-16(21(5)19-14)12-17(18-2)13-7-9-15(10-8-13)20(3)4/h7-11,17-18H,6,12H2,1-5H3. The fraction of sp³-hybridized carbons (Fsp3) is 0.471. The highest BCUT2D eigenvalue weighted by atomic mass is 15.3. The molecular weight excluding hydrogens is 260 g/mol. The molecule has 114 valence electrons. The van der Waals surface area contributed by atoms with Gasteiger partial charge >= 0.3 is 0 Å². The molecule has 1 aromatic carbocycles. The summed E-state index contributed by atoms with van der Waals surface area (Å²) in [5.74, 6) is 0. The van der Waals surface area contributed by atoms with Gasteiger partial charge in [-0.25, -0.2) is 0 Å². The van der Waals surface area contributed by atoms with Crippen molar-refractivity contribution in [3.63, 3.8) is 0 Å². The molecule has 1 N–H and O–H groups in total. The van der Waals surface area contributed by atoms with Crippen LogP contribution in [0.25, 0.3) is 0 Å². The van der Waals surface area contributed by atoms with Crippen LogP contribution in [-0.4, -0.2) is 30.9 Å². The molecule has 0 aliphatic carbocycles. The number of aromatic nitrogens is 2. The maximum Gasteiger partial charge on any atom is 0.0624 e. The smallest absolute Gasteiger partial charge is 0.0624 e. The van der Waals surface area contributed by atoms with Gasteiger partial charge in [-0.3, -0.25) is 4.68 Å². The monoisotopic (exact) mass is 286 g/mol. The molecule has 0 spiro atoms. The second kappa shape index (κ2) is 6.76. The van der Waals surface area contributed by atoms with E-state index in [4.69, 9.17) is 0 Å². The van der Waals surface area contributed by atoms with E-state index in [-0.39, 0.29) is 0 Å². The number of hydrogen-bond acceptors (Lipinski definition) is 3. The first kappa shape index (κ1) is 15.6. The maximum atomic E-state index is 4.53. The molecule has 21 heavy (non-hydrogen) atoms. The minimum atomic E-state index is 0.307. The summed E-state index contributed by atoms with van der Waals surface area (Å²) in [5, 5.41) is 7.94. The molecular formula is C17H26N4. The van der Waals surface area contributed by atoms with Crippen molar-refractivity contribution in [3.05, 3.63) is 47.3 Å². The molecule has 0 aliphatic rings. The van der Waals surface area contributed by atoms with Crippen LogP contribution >= 0.6 is 0 Å². The van der Waals surface area contributed by atoms with E-state index in [1.165, 1.54) is 16.9 Å². The van der Waals surface area contributed by atoms with Crippen LogP contribution in [0.3, 0.4) is 0 Å². The Hall–Kier alpha value is -1.81. The van der Waals surface area contributed by atoms with E-state index in [1.807, 2.05) is 18.8 Å². The predicted octanol–water partition coefficient (Wildman–Crippen LogP) is 2.55. The molecule has 2 rings (SSSR count). The van der Waals surface area contributed by atoms with E-state index in [0.717, 1.165) is 18.5 Å². The third-order valence-electron chi connectivity index (χ3n) is 3.96. The van der Waals surface area contributed by atoms with Crippen molar-refractivity contribution in [3.8, 4) is 0 Å². The Balaban J connectivity index is 2.17. The summed E-state index contributed by atoms with van der Waals surface area (Å²) in [6.45, 7) is 2.14. The lowest BCUT2D eigenvalue weighted by atomic mass is 10.0. The summed E-state index contributed by atoms with van der Waals surface area (Å²) in [6.07, 6.45) is 1.93. The fourth-order valence-electron chi connectivity index (χ4n) is 2.54. The van der Waals surface area contributed by atoms with Gasteiger partial charge in [-0.1, -0.05) is 19.1 Å². The summed E-state index contributed by atoms with van der Waals surface area (Å²) >= 11 is 0. The quantitative estimate of drug-likeness (QED) is 0.886. The third kappa shape index (κ3) is 3.64. The van der Waals surface area contributed by atoms with E-state index in [0.29, 0.717) is 6.04 Å². The molecule has 1 atom stereocenters. The summed E-state index contributed by atoms with van der Waals surface area (Å²) < 4.78 is 2.00. The molecule has 2 aromatic rings. The maximum absolute atomic E-state index is 4.53. The van der Waals surface area contributed by atoms with Crippen molar-refractivity contribution in [1.82, 2.24) is 15.1 Å². The Kier molecular flexibility index (Phi) is 5.02. The molecule has 0 bridgehead atoms. The lowest BCUT2D eigenvalue weighted by Gasteiger charge is -2.18. The average molecular weight is 286 g/mol. The first-order valence-electron chi connectivity index (χ1n) is 7.51. The fourth-order valence-corrected chi connectivity index (χ4v) is 2.54. The second-order valence-corrected chi connectivity index (χ2v) is 5.64. The zero-order valence-electron chi connectivity index (χ0n) is 13.7. The number of nitrogens with zero attached hydrogens (tertiary/aromatic N) is 3. The van der Waals surface area contributed by atoms with Gasteiger partial charge in [0.05, 0.1) is 5.69 Å². The molecule has 0 amide bonds. The Morgan fingerprint density at radius 3 is 2.38 bits per heavy atom. The third-order valence-corrected chi connectivity index (χ3v) is 3.96. The normalized spacial score (nSPS) is 12.4. The van der Waals surface area contributed by atoms with Gasteiger partial charge in [0, 0.05) is 45.0 Å². The Bertz CT molecular complexity index is 569. The Morgan fingerprint density at radius 1 is 1.24 bits per heavy atom. The van der Waals surface area contributed by atoms with E-state index in [9.17, 15) is 0 Å². The molecule has 0 radical (unpaired) electrons. The van der Waals surface area contributed by atoms with Crippen molar-refractivity contribution in [2.45, 2.75) is 25.8 Å². The van der Waals surface area contributed by atoms with Gasteiger partial charge in [-0.05, 0) is 37.2 Å². The first-order chi connectivity index (χ1) is 10.0. The van der Waals surface area contributed by atoms with E-state index < -0.39 is 0 Å². The number of nitrogens with one attached hydrogen (secondary N) is 1. The van der Waals surface area contributed by atoms with Gasteiger partial charge in [0.25, 0.3) is 0 Å². The van der Waals surface area contributed by atoms with Crippen LogP contribution in [-0.2, 0) is 19.9 Å². The number of likely N-dealkylation sites (N-methyl/N-ethyl adjacent to an activating group) is 1. The molecule has 1 heterocycles. The molecule has 0 fully saturated rings. The second-order valence-electron chi connectivity index (χ2n) is 5.64. The number of rotatable bonds is 6. The lowest BCUT2D eigenvalue weighted by Crippen LogP contribution is -2.20. The molecule has 4 heteroatoms. The van der Waals surface area contributed by atoms with E-state index >= 15 is 0 Å². The van der Waals surface area contributed by atoms with Crippen LogP contribution in [0.15, 0.2) is 30.3 Å². The lowest BCUT2D eigenvalue weighted by molar-refractivity contribution is 0.561. The molecule has 0 aliphatic heterocycles. The Morgan fingerprint density at radius 2 is 1.90 bits per heavy atom. The molecule has 0 saturated heterocycles. The van der Waals surface area contributed by atoms with Gasteiger partial charge in [-0.2, -0.15) is 5.10 Å². The highest BCUT2D eigenvalue weighted by Gasteiger charge is 2.13. The Labute approximate surface area is 127 Å². The van der Waals surface area contributed by atoms with Crippen molar-refractivity contribution >= 4 is 5.69 Å². The number of anilines is 1. The highest BCUT2D eigenvalue weighted by molar-refractivity contribution is 5.46. The zero-order valence-corrected chi connectivity index (χ0v) is 13.7. The van der Waals surface area contributed by atoms with Gasteiger partial charge < -0.3 is 10.2 Å². The van der Waals surface area contributed by atoms with Gasteiger partial charge in [-0.15, -0.1) is 0 Å². The zero-order chi connectivity index (χ0) is 15.4. The van der Waals surface area contributed by atoms with Crippen LogP contribution in [0.4, 0.5) is 5.69 Å². The SMILES string of the molecule is CCc1cc(CC(NC)c2ccc(N(C)C)cc2)n(C)n1. The van der Waals surface area contributed by atoms with Gasteiger partial charge in [0.2, 0.25) is 0 Å². The molecule has 1 unspecified atom stereocenters. The average Bonchev–Trinajstić information content (AvgIpc) is 2.85.